The van der Waals surface area contributed by atoms with Crippen LogP contribution in [0.5, 0.6) is 5.75 Å². The first-order chi connectivity index (χ1) is 10.3. The molecule has 3 N–H and O–H groups in total. The molecule has 0 saturated carbocycles. The van der Waals surface area contributed by atoms with Crippen molar-refractivity contribution >= 4 is 10.9 Å². The molecular weight excluding hydrogens is 262 g/mol. The van der Waals surface area contributed by atoms with Crippen molar-refractivity contribution in [2.75, 3.05) is 7.11 Å². The summed E-state index contributed by atoms with van der Waals surface area (Å²) in [7, 11) is 1.66. The lowest BCUT2D eigenvalue weighted by Gasteiger charge is -2.20. The summed E-state index contributed by atoms with van der Waals surface area (Å²) in [6.45, 7) is 0. The van der Waals surface area contributed by atoms with Gasteiger partial charge in [-0.25, -0.2) is 5.43 Å². The number of hydrazine groups is 1. The van der Waals surface area contributed by atoms with Gasteiger partial charge < -0.3 is 4.74 Å². The lowest BCUT2D eigenvalue weighted by atomic mass is 9.95. The Labute approximate surface area is 123 Å². The van der Waals surface area contributed by atoms with E-state index in [1.165, 1.54) is 0 Å². The van der Waals surface area contributed by atoms with Crippen LogP contribution < -0.4 is 16.0 Å². The molecule has 0 spiro atoms. The van der Waals surface area contributed by atoms with Crippen LogP contribution in [0.15, 0.2) is 60.8 Å². The first kappa shape index (κ1) is 13.5. The van der Waals surface area contributed by atoms with Crippen molar-refractivity contribution in [3.05, 3.63) is 71.9 Å². The number of para-hydroxylation sites is 1. The summed E-state index contributed by atoms with van der Waals surface area (Å²) in [4.78, 5) is 4.39. The van der Waals surface area contributed by atoms with E-state index < -0.39 is 0 Å². The quantitative estimate of drug-likeness (QED) is 0.569. The van der Waals surface area contributed by atoms with Crippen LogP contribution in [0.1, 0.15) is 17.2 Å². The number of methoxy groups -OCH3 is 1. The lowest BCUT2D eigenvalue weighted by Crippen LogP contribution is -2.29. The summed E-state index contributed by atoms with van der Waals surface area (Å²) >= 11 is 0. The highest BCUT2D eigenvalue weighted by molar-refractivity contribution is 5.83. The Bertz CT molecular complexity index is 752. The molecule has 1 heterocycles. The van der Waals surface area contributed by atoms with Gasteiger partial charge in [-0.15, -0.1) is 0 Å². The lowest BCUT2D eigenvalue weighted by molar-refractivity contribution is 0.404. The second kappa shape index (κ2) is 5.91. The van der Waals surface area contributed by atoms with Gasteiger partial charge in [-0.05, 0) is 23.8 Å². The molecule has 21 heavy (non-hydrogen) atoms. The SMILES string of the molecule is COc1ccccc1C(NN)c1cccc2ncccc12. The third-order valence-electron chi connectivity index (χ3n) is 3.61. The maximum atomic E-state index is 5.83. The second-order valence-electron chi connectivity index (χ2n) is 4.76. The Morgan fingerprint density at radius 2 is 1.81 bits per heavy atom. The molecule has 4 heteroatoms. The highest BCUT2D eigenvalue weighted by Crippen LogP contribution is 2.32. The molecular formula is C17H17N3O. The number of aromatic nitrogens is 1. The van der Waals surface area contributed by atoms with E-state index in [-0.39, 0.29) is 6.04 Å². The molecule has 0 fully saturated rings. The molecule has 0 radical (unpaired) electrons. The van der Waals surface area contributed by atoms with Gasteiger partial charge in [0.2, 0.25) is 0 Å². The third-order valence-corrected chi connectivity index (χ3v) is 3.61. The van der Waals surface area contributed by atoms with Crippen LogP contribution in [0.25, 0.3) is 10.9 Å². The average molecular weight is 279 g/mol. The fraction of sp³-hybridized carbons (Fsp3) is 0.118. The minimum Gasteiger partial charge on any atom is -0.496 e. The Kier molecular flexibility index (Phi) is 3.81. The molecule has 1 atom stereocenters. The van der Waals surface area contributed by atoms with E-state index >= 15 is 0 Å². The largest absolute Gasteiger partial charge is 0.496 e. The van der Waals surface area contributed by atoms with E-state index in [1.54, 1.807) is 13.3 Å². The van der Waals surface area contributed by atoms with Crippen LogP contribution in [0.3, 0.4) is 0 Å². The summed E-state index contributed by atoms with van der Waals surface area (Å²) in [5, 5.41) is 1.08. The first-order valence-corrected chi connectivity index (χ1v) is 6.78. The van der Waals surface area contributed by atoms with E-state index in [0.29, 0.717) is 0 Å². The maximum absolute atomic E-state index is 5.83. The predicted octanol–water partition coefficient (Wildman–Crippen LogP) is 2.80. The third kappa shape index (κ3) is 2.46. The van der Waals surface area contributed by atoms with Gasteiger partial charge in [0.25, 0.3) is 0 Å². The van der Waals surface area contributed by atoms with Crippen molar-refractivity contribution in [1.82, 2.24) is 10.4 Å². The van der Waals surface area contributed by atoms with Gasteiger partial charge in [0.15, 0.2) is 0 Å². The number of nitrogens with zero attached hydrogens (tertiary/aromatic N) is 1. The van der Waals surface area contributed by atoms with Crippen LogP contribution in [0.4, 0.5) is 0 Å². The number of rotatable bonds is 4. The number of hydrogen-bond acceptors (Lipinski definition) is 4. The van der Waals surface area contributed by atoms with Crippen molar-refractivity contribution < 1.29 is 4.74 Å². The van der Waals surface area contributed by atoms with E-state index in [4.69, 9.17) is 10.6 Å². The van der Waals surface area contributed by atoms with Crippen molar-refractivity contribution in [2.24, 2.45) is 5.84 Å². The number of pyridine rings is 1. The zero-order valence-corrected chi connectivity index (χ0v) is 11.8. The minimum atomic E-state index is -0.158. The van der Waals surface area contributed by atoms with Crippen molar-refractivity contribution in [3.8, 4) is 5.75 Å². The van der Waals surface area contributed by atoms with Gasteiger partial charge in [0.05, 0.1) is 18.7 Å². The predicted molar refractivity (Wildman–Crippen MR) is 83.9 cm³/mol. The Balaban J connectivity index is 2.19. The van der Waals surface area contributed by atoms with Gasteiger partial charge in [0, 0.05) is 17.1 Å². The molecule has 0 bridgehead atoms. The van der Waals surface area contributed by atoms with Crippen molar-refractivity contribution in [1.29, 1.82) is 0 Å². The minimum absolute atomic E-state index is 0.158. The molecule has 3 rings (SSSR count). The number of nitrogens with one attached hydrogen (secondary N) is 1. The van der Waals surface area contributed by atoms with Gasteiger partial charge in [-0.3, -0.25) is 10.8 Å². The molecule has 4 nitrogen and oxygen atoms in total. The standard InChI is InChI=1S/C17H17N3O/c1-21-16-10-3-2-6-14(16)17(20-18)13-7-4-9-15-12(13)8-5-11-19-15/h2-11,17,20H,18H2,1H3. The monoisotopic (exact) mass is 279 g/mol. The van der Waals surface area contributed by atoms with Crippen molar-refractivity contribution in [2.45, 2.75) is 6.04 Å². The molecule has 0 aliphatic rings. The zero-order valence-electron chi connectivity index (χ0n) is 11.8. The Hall–Kier alpha value is -2.43. The normalized spacial score (nSPS) is 12.3. The fourth-order valence-electron chi connectivity index (χ4n) is 2.63. The van der Waals surface area contributed by atoms with E-state index in [1.807, 2.05) is 42.5 Å². The number of fused-ring (bicyclic) bond motifs is 1. The average Bonchev–Trinajstić information content (AvgIpc) is 2.56. The molecule has 1 aromatic heterocycles. The molecule has 1 unspecified atom stereocenters. The van der Waals surface area contributed by atoms with Crippen molar-refractivity contribution in [3.63, 3.8) is 0 Å². The molecule has 0 saturated heterocycles. The van der Waals surface area contributed by atoms with Gasteiger partial charge in [-0.1, -0.05) is 36.4 Å². The Morgan fingerprint density at radius 1 is 1.00 bits per heavy atom. The number of nitrogens with two attached hydrogens (primary N) is 1. The molecule has 106 valence electrons. The second-order valence-corrected chi connectivity index (χ2v) is 4.76. The topological polar surface area (TPSA) is 60.2 Å². The van der Waals surface area contributed by atoms with Crippen LogP contribution in [0, 0.1) is 0 Å². The molecule has 0 aliphatic carbocycles. The summed E-state index contributed by atoms with van der Waals surface area (Å²) in [5.41, 5.74) is 5.92. The zero-order chi connectivity index (χ0) is 14.7. The molecule has 3 aromatic rings. The number of benzene rings is 2. The number of hydrogen-bond donors (Lipinski definition) is 2. The molecule has 2 aromatic carbocycles. The summed E-state index contributed by atoms with van der Waals surface area (Å²) < 4.78 is 5.45. The van der Waals surface area contributed by atoms with Gasteiger partial charge in [-0.2, -0.15) is 0 Å². The van der Waals surface area contributed by atoms with Crippen LogP contribution in [0.2, 0.25) is 0 Å². The fourth-order valence-corrected chi connectivity index (χ4v) is 2.63. The summed E-state index contributed by atoms with van der Waals surface area (Å²) in [5.74, 6) is 6.63. The summed E-state index contributed by atoms with van der Waals surface area (Å²) in [6, 6.07) is 17.7. The molecule has 0 aliphatic heterocycles. The van der Waals surface area contributed by atoms with Crippen LogP contribution >= 0.6 is 0 Å². The summed E-state index contributed by atoms with van der Waals surface area (Å²) in [6.07, 6.45) is 1.79. The maximum Gasteiger partial charge on any atom is 0.124 e. The van der Waals surface area contributed by atoms with E-state index in [9.17, 15) is 0 Å². The van der Waals surface area contributed by atoms with E-state index in [2.05, 4.69) is 22.5 Å². The van der Waals surface area contributed by atoms with Gasteiger partial charge in [0.1, 0.15) is 5.75 Å². The Morgan fingerprint density at radius 3 is 2.62 bits per heavy atom. The first-order valence-electron chi connectivity index (χ1n) is 6.78. The van der Waals surface area contributed by atoms with Crippen LogP contribution in [-0.2, 0) is 0 Å². The molecule has 0 amide bonds. The highest BCUT2D eigenvalue weighted by atomic mass is 16.5. The smallest absolute Gasteiger partial charge is 0.124 e. The van der Waals surface area contributed by atoms with Gasteiger partial charge >= 0.3 is 0 Å². The van der Waals surface area contributed by atoms with E-state index in [0.717, 1.165) is 27.8 Å². The number of ether oxygens (including phenoxy) is 1. The highest BCUT2D eigenvalue weighted by Gasteiger charge is 2.18. The van der Waals surface area contributed by atoms with Crippen LogP contribution in [-0.4, -0.2) is 12.1 Å².